The third kappa shape index (κ3) is 5.31. The van der Waals surface area contributed by atoms with Crippen LogP contribution in [0.2, 0.25) is 0 Å². The van der Waals surface area contributed by atoms with E-state index in [1.807, 2.05) is 18.2 Å². The maximum Gasteiger partial charge on any atom is 0.328 e. The second-order valence-corrected chi connectivity index (χ2v) is 5.48. The maximum absolute atomic E-state index is 11.7. The number of unbranched alkanes of at least 4 members (excludes halogenated alkanes) is 1. The number of rotatable bonds is 8. The lowest BCUT2D eigenvalue weighted by Gasteiger charge is -2.08. The van der Waals surface area contributed by atoms with Crippen LogP contribution in [0.15, 0.2) is 30.3 Å². The first-order valence-electron chi connectivity index (χ1n) is 7.67. The Morgan fingerprint density at radius 2 is 1.95 bits per heavy atom. The molecule has 5 nitrogen and oxygen atoms in total. The molecule has 22 heavy (non-hydrogen) atoms. The number of Topliss-reactive ketones (excluding diaryl/α,β-unsaturated/α-hetero) is 1. The molecule has 1 fully saturated rings. The summed E-state index contributed by atoms with van der Waals surface area (Å²) in [5.41, 5.74) is 1.26. The molecule has 1 heterocycles. The fraction of sp³-hybridized carbons (Fsp3) is 0.471. The van der Waals surface area contributed by atoms with Gasteiger partial charge in [0.05, 0.1) is 13.0 Å². The quantitative estimate of drug-likeness (QED) is 0.451. The van der Waals surface area contributed by atoms with Crippen LogP contribution in [0.4, 0.5) is 0 Å². The molecule has 1 aromatic rings. The number of hydrogen-bond acceptors (Lipinski definition) is 4. The lowest BCUT2D eigenvalue weighted by atomic mass is 10.0. The van der Waals surface area contributed by atoms with Gasteiger partial charge in [-0.1, -0.05) is 30.3 Å². The average molecular weight is 303 g/mol. The number of carbonyl (C=O) groups is 3. The molecule has 0 saturated carbocycles. The first kappa shape index (κ1) is 16.2. The Morgan fingerprint density at radius 3 is 2.64 bits per heavy atom. The summed E-state index contributed by atoms with van der Waals surface area (Å²) in [5, 5.41) is 2.54. The van der Waals surface area contributed by atoms with E-state index in [2.05, 4.69) is 17.4 Å². The molecule has 118 valence electrons. The standard InChI is InChI=1S/C17H21NO4/c19-14(9-5-4-8-13-6-2-1-3-7-13)12-16(20)18-15-10-11-22-17(15)21/h1-3,6-7,15H,4-5,8-12H2,(H,18,20). The summed E-state index contributed by atoms with van der Waals surface area (Å²) in [6, 6.07) is 9.52. The number of carbonyl (C=O) groups excluding carboxylic acids is 3. The molecule has 1 N–H and O–H groups in total. The summed E-state index contributed by atoms with van der Waals surface area (Å²) >= 11 is 0. The summed E-state index contributed by atoms with van der Waals surface area (Å²) in [5.74, 6) is -0.891. The smallest absolute Gasteiger partial charge is 0.328 e. The van der Waals surface area contributed by atoms with Crippen LogP contribution >= 0.6 is 0 Å². The first-order chi connectivity index (χ1) is 10.6. The van der Waals surface area contributed by atoms with E-state index in [1.165, 1.54) is 5.56 Å². The number of nitrogens with one attached hydrogen (secondary N) is 1. The van der Waals surface area contributed by atoms with E-state index in [0.29, 0.717) is 19.4 Å². The highest BCUT2D eigenvalue weighted by molar-refractivity contribution is 5.99. The summed E-state index contributed by atoms with van der Waals surface area (Å²) in [4.78, 5) is 34.6. The van der Waals surface area contributed by atoms with Crippen molar-refractivity contribution < 1.29 is 19.1 Å². The number of aryl methyl sites for hydroxylation is 1. The lowest BCUT2D eigenvalue weighted by Crippen LogP contribution is -2.38. The molecule has 1 aromatic carbocycles. The van der Waals surface area contributed by atoms with Crippen LogP contribution in [0.5, 0.6) is 0 Å². The van der Waals surface area contributed by atoms with Crippen LogP contribution in [-0.2, 0) is 25.5 Å². The van der Waals surface area contributed by atoms with Crippen LogP contribution in [-0.4, -0.2) is 30.3 Å². The van der Waals surface area contributed by atoms with Gasteiger partial charge in [0, 0.05) is 12.8 Å². The van der Waals surface area contributed by atoms with Gasteiger partial charge >= 0.3 is 5.97 Å². The number of esters is 1. The van der Waals surface area contributed by atoms with Gasteiger partial charge in [-0.25, -0.2) is 4.79 Å². The van der Waals surface area contributed by atoms with Crippen LogP contribution in [0, 0.1) is 0 Å². The largest absolute Gasteiger partial charge is 0.464 e. The topological polar surface area (TPSA) is 72.5 Å². The molecule has 1 aliphatic rings. The number of ketones is 1. The Bertz CT molecular complexity index is 527. The van der Waals surface area contributed by atoms with E-state index in [0.717, 1.165) is 19.3 Å². The number of benzene rings is 1. The van der Waals surface area contributed by atoms with Gasteiger partial charge in [0.1, 0.15) is 11.8 Å². The molecule has 0 bridgehead atoms. The third-order valence-corrected chi connectivity index (χ3v) is 3.64. The number of ether oxygens (including phenoxy) is 1. The highest BCUT2D eigenvalue weighted by Gasteiger charge is 2.28. The van der Waals surface area contributed by atoms with Gasteiger partial charge in [0.25, 0.3) is 0 Å². The second kappa shape index (κ2) is 8.32. The molecule has 0 aromatic heterocycles. The summed E-state index contributed by atoms with van der Waals surface area (Å²) in [6.45, 7) is 0.331. The van der Waals surface area contributed by atoms with Crippen LogP contribution < -0.4 is 5.32 Å². The third-order valence-electron chi connectivity index (χ3n) is 3.64. The minimum atomic E-state index is -0.585. The van der Waals surface area contributed by atoms with Crippen molar-refractivity contribution in [1.29, 1.82) is 0 Å². The Hall–Kier alpha value is -2.17. The predicted octanol–water partition coefficient (Wildman–Crippen LogP) is 1.79. The van der Waals surface area contributed by atoms with Gasteiger partial charge in [0.15, 0.2) is 0 Å². The van der Waals surface area contributed by atoms with Crippen molar-refractivity contribution in [3.63, 3.8) is 0 Å². The molecule has 1 atom stereocenters. The Morgan fingerprint density at radius 1 is 1.18 bits per heavy atom. The average Bonchev–Trinajstić information content (AvgIpc) is 2.90. The molecule has 1 aliphatic heterocycles. The van der Waals surface area contributed by atoms with E-state index in [9.17, 15) is 14.4 Å². The van der Waals surface area contributed by atoms with Crippen LogP contribution in [0.3, 0.4) is 0 Å². The molecular weight excluding hydrogens is 282 g/mol. The fourth-order valence-electron chi connectivity index (χ4n) is 2.44. The molecular formula is C17H21NO4. The zero-order valence-corrected chi connectivity index (χ0v) is 12.5. The Kier molecular flexibility index (Phi) is 6.13. The van der Waals surface area contributed by atoms with Gasteiger partial charge in [-0.15, -0.1) is 0 Å². The van der Waals surface area contributed by atoms with Crippen molar-refractivity contribution in [1.82, 2.24) is 5.32 Å². The molecule has 1 saturated heterocycles. The van der Waals surface area contributed by atoms with Gasteiger partial charge in [-0.3, -0.25) is 9.59 Å². The zero-order chi connectivity index (χ0) is 15.8. The molecule has 0 spiro atoms. The lowest BCUT2D eigenvalue weighted by molar-refractivity contribution is -0.142. The maximum atomic E-state index is 11.7. The molecule has 1 amide bonds. The second-order valence-electron chi connectivity index (χ2n) is 5.48. The van der Waals surface area contributed by atoms with Gasteiger partial charge in [0.2, 0.25) is 5.91 Å². The minimum absolute atomic E-state index is 0.0862. The number of hydrogen-bond donors (Lipinski definition) is 1. The van der Waals surface area contributed by atoms with Crippen molar-refractivity contribution >= 4 is 17.7 Å². The molecule has 1 unspecified atom stereocenters. The monoisotopic (exact) mass is 303 g/mol. The SMILES string of the molecule is O=C(CCCCc1ccccc1)CC(=O)NC1CCOC1=O. The van der Waals surface area contributed by atoms with E-state index >= 15 is 0 Å². The normalized spacial score (nSPS) is 17.1. The van der Waals surface area contributed by atoms with Crippen molar-refractivity contribution in [2.45, 2.75) is 44.6 Å². The highest BCUT2D eigenvalue weighted by atomic mass is 16.5. The Labute approximate surface area is 130 Å². The molecule has 0 radical (unpaired) electrons. The van der Waals surface area contributed by atoms with Crippen molar-refractivity contribution in [3.8, 4) is 0 Å². The van der Waals surface area contributed by atoms with Crippen molar-refractivity contribution in [2.75, 3.05) is 6.61 Å². The van der Waals surface area contributed by atoms with E-state index < -0.39 is 17.9 Å². The molecule has 2 rings (SSSR count). The number of amides is 1. The fourth-order valence-corrected chi connectivity index (χ4v) is 2.44. The van der Waals surface area contributed by atoms with Crippen LogP contribution in [0.1, 0.15) is 37.7 Å². The van der Waals surface area contributed by atoms with Crippen LogP contribution in [0.25, 0.3) is 0 Å². The summed E-state index contributed by atoms with van der Waals surface area (Å²) < 4.78 is 4.75. The molecule has 5 heteroatoms. The number of cyclic esters (lactones) is 1. The summed E-state index contributed by atoms with van der Waals surface area (Å²) in [7, 11) is 0. The van der Waals surface area contributed by atoms with Gasteiger partial charge in [-0.05, 0) is 24.8 Å². The minimum Gasteiger partial charge on any atom is -0.464 e. The Balaban J connectivity index is 1.59. The predicted molar refractivity (Wildman–Crippen MR) is 81.1 cm³/mol. The van der Waals surface area contributed by atoms with E-state index in [-0.39, 0.29) is 12.2 Å². The zero-order valence-electron chi connectivity index (χ0n) is 12.5. The summed E-state index contributed by atoms with van der Waals surface area (Å²) in [6.07, 6.45) is 3.35. The first-order valence-corrected chi connectivity index (χ1v) is 7.67. The van der Waals surface area contributed by atoms with Gasteiger partial charge < -0.3 is 10.1 Å². The van der Waals surface area contributed by atoms with Crippen molar-refractivity contribution in [3.05, 3.63) is 35.9 Å². The highest BCUT2D eigenvalue weighted by Crippen LogP contribution is 2.08. The molecule has 0 aliphatic carbocycles. The van der Waals surface area contributed by atoms with E-state index in [1.54, 1.807) is 0 Å². The van der Waals surface area contributed by atoms with Gasteiger partial charge in [-0.2, -0.15) is 0 Å². The van der Waals surface area contributed by atoms with Crippen molar-refractivity contribution in [2.24, 2.45) is 0 Å². The van der Waals surface area contributed by atoms with E-state index in [4.69, 9.17) is 4.74 Å².